The summed E-state index contributed by atoms with van der Waals surface area (Å²) in [5.41, 5.74) is 0. The maximum Gasteiger partial charge on any atom is 0.240 e. The van der Waals surface area contributed by atoms with E-state index in [1.165, 1.54) is 12.1 Å². The predicted octanol–water partition coefficient (Wildman–Crippen LogP) is 3.04. The van der Waals surface area contributed by atoms with Crippen LogP contribution < -0.4 is 9.46 Å². The van der Waals surface area contributed by atoms with Gasteiger partial charge >= 0.3 is 0 Å². The zero-order valence-corrected chi connectivity index (χ0v) is 14.4. The minimum Gasteiger partial charge on any atom is -0.457 e. The quantitative estimate of drug-likeness (QED) is 0.629. The average Bonchev–Trinajstić information content (AvgIpc) is 3.14. The number of aromatic nitrogens is 2. The number of nitrogens with one attached hydrogen (secondary N) is 1. The number of nitrogens with zero attached hydrogens (tertiary/aromatic N) is 2. The first kappa shape index (κ1) is 17.2. The molecule has 0 radical (unpaired) electrons. The first-order valence-electron chi connectivity index (χ1n) is 7.92. The van der Waals surface area contributed by atoms with Gasteiger partial charge in [-0.1, -0.05) is 18.2 Å². The second-order valence-electron chi connectivity index (χ2n) is 5.44. The third kappa shape index (κ3) is 4.91. The highest BCUT2D eigenvalue weighted by molar-refractivity contribution is 7.89. The van der Waals surface area contributed by atoms with E-state index < -0.39 is 10.0 Å². The number of aryl methyl sites for hydroxylation is 1. The van der Waals surface area contributed by atoms with Gasteiger partial charge in [-0.05, 0) is 42.8 Å². The van der Waals surface area contributed by atoms with Gasteiger partial charge in [0.05, 0.1) is 11.2 Å². The third-order valence-electron chi connectivity index (χ3n) is 3.56. The molecule has 0 unspecified atom stereocenters. The maximum absolute atomic E-state index is 12.3. The Morgan fingerprint density at radius 3 is 2.40 bits per heavy atom. The van der Waals surface area contributed by atoms with Crippen LogP contribution in [0.4, 0.5) is 0 Å². The Kier molecular flexibility index (Phi) is 5.47. The van der Waals surface area contributed by atoms with E-state index in [0.717, 1.165) is 0 Å². The molecule has 0 atom stereocenters. The van der Waals surface area contributed by atoms with E-state index >= 15 is 0 Å². The Bertz CT molecular complexity index is 877. The van der Waals surface area contributed by atoms with E-state index in [1.54, 1.807) is 24.7 Å². The van der Waals surface area contributed by atoms with Crippen molar-refractivity contribution < 1.29 is 13.2 Å². The molecular weight excluding hydrogens is 338 g/mol. The minimum atomic E-state index is -3.52. The largest absolute Gasteiger partial charge is 0.457 e. The molecule has 25 heavy (non-hydrogen) atoms. The number of rotatable bonds is 8. The first-order valence-corrected chi connectivity index (χ1v) is 9.40. The predicted molar refractivity (Wildman–Crippen MR) is 95.0 cm³/mol. The van der Waals surface area contributed by atoms with Crippen LogP contribution in [0.3, 0.4) is 0 Å². The lowest BCUT2D eigenvalue weighted by Crippen LogP contribution is -2.25. The average molecular weight is 357 g/mol. The second-order valence-corrected chi connectivity index (χ2v) is 7.21. The van der Waals surface area contributed by atoms with Crippen molar-refractivity contribution in [3.63, 3.8) is 0 Å². The molecule has 1 heterocycles. The summed E-state index contributed by atoms with van der Waals surface area (Å²) in [5.74, 6) is 1.29. The van der Waals surface area contributed by atoms with Crippen LogP contribution in [-0.4, -0.2) is 24.5 Å². The summed E-state index contributed by atoms with van der Waals surface area (Å²) in [6.07, 6.45) is 5.94. The molecule has 0 saturated carbocycles. The number of imidazole rings is 1. The number of hydrogen-bond acceptors (Lipinski definition) is 4. The fraction of sp³-hybridized carbons (Fsp3) is 0.167. The van der Waals surface area contributed by atoms with Crippen molar-refractivity contribution in [3.05, 3.63) is 73.3 Å². The fourth-order valence-corrected chi connectivity index (χ4v) is 3.36. The Hall–Kier alpha value is -2.64. The molecule has 0 spiro atoms. The van der Waals surface area contributed by atoms with Gasteiger partial charge in [-0.25, -0.2) is 18.1 Å². The monoisotopic (exact) mass is 357 g/mol. The molecule has 3 aromatic rings. The van der Waals surface area contributed by atoms with Gasteiger partial charge < -0.3 is 9.30 Å². The maximum atomic E-state index is 12.3. The van der Waals surface area contributed by atoms with E-state index in [0.29, 0.717) is 31.0 Å². The van der Waals surface area contributed by atoms with Crippen molar-refractivity contribution in [2.24, 2.45) is 0 Å². The van der Waals surface area contributed by atoms with Gasteiger partial charge in [0.25, 0.3) is 0 Å². The molecule has 1 aromatic heterocycles. The highest BCUT2D eigenvalue weighted by atomic mass is 32.2. The smallest absolute Gasteiger partial charge is 0.240 e. The van der Waals surface area contributed by atoms with Crippen molar-refractivity contribution >= 4 is 10.0 Å². The molecule has 0 amide bonds. The molecule has 130 valence electrons. The molecule has 3 rings (SSSR count). The molecule has 0 aliphatic rings. The molecular formula is C18H19N3O3S. The molecule has 0 fully saturated rings. The number of sulfonamides is 1. The molecule has 0 bridgehead atoms. The molecule has 0 saturated heterocycles. The zero-order valence-electron chi connectivity index (χ0n) is 13.6. The van der Waals surface area contributed by atoms with Crippen molar-refractivity contribution in [2.45, 2.75) is 17.9 Å². The standard InChI is InChI=1S/C18H19N3O3S/c22-25(23,20-11-4-13-21-14-12-19-15-21)18-9-7-17(8-10-18)24-16-5-2-1-3-6-16/h1-3,5-10,12,14-15,20H,4,11,13H2. The van der Waals surface area contributed by atoms with Crippen LogP contribution >= 0.6 is 0 Å². The lowest BCUT2D eigenvalue weighted by Gasteiger charge is -2.09. The van der Waals surface area contributed by atoms with Crippen LogP contribution in [0.1, 0.15) is 6.42 Å². The van der Waals surface area contributed by atoms with Crippen LogP contribution in [0, 0.1) is 0 Å². The van der Waals surface area contributed by atoms with Crippen molar-refractivity contribution in [3.8, 4) is 11.5 Å². The number of benzene rings is 2. The van der Waals surface area contributed by atoms with Crippen LogP contribution in [0.5, 0.6) is 11.5 Å². The summed E-state index contributed by atoms with van der Waals surface area (Å²) in [6, 6.07) is 15.7. The van der Waals surface area contributed by atoms with Gasteiger partial charge in [0.15, 0.2) is 0 Å². The van der Waals surface area contributed by atoms with Crippen LogP contribution in [0.25, 0.3) is 0 Å². The van der Waals surface area contributed by atoms with E-state index in [4.69, 9.17) is 4.74 Å². The molecule has 0 aliphatic heterocycles. The van der Waals surface area contributed by atoms with E-state index in [2.05, 4.69) is 9.71 Å². The Morgan fingerprint density at radius 2 is 1.72 bits per heavy atom. The summed E-state index contributed by atoms with van der Waals surface area (Å²) in [4.78, 5) is 4.17. The Balaban J connectivity index is 1.54. The lowest BCUT2D eigenvalue weighted by atomic mass is 10.3. The number of ether oxygens (including phenoxy) is 1. The van der Waals surface area contributed by atoms with Gasteiger partial charge in [-0.3, -0.25) is 0 Å². The normalized spacial score (nSPS) is 11.4. The molecule has 7 heteroatoms. The summed E-state index contributed by atoms with van der Waals surface area (Å²) in [5, 5.41) is 0. The highest BCUT2D eigenvalue weighted by Crippen LogP contribution is 2.22. The summed E-state index contributed by atoms with van der Waals surface area (Å²) < 4.78 is 34.8. The number of hydrogen-bond donors (Lipinski definition) is 1. The van der Waals surface area contributed by atoms with Gasteiger partial charge in [0.2, 0.25) is 10.0 Å². The Labute approximate surface area is 147 Å². The van der Waals surface area contributed by atoms with E-state index in [9.17, 15) is 8.42 Å². The lowest BCUT2D eigenvalue weighted by molar-refractivity contribution is 0.482. The zero-order chi connectivity index (χ0) is 17.5. The van der Waals surface area contributed by atoms with E-state index in [1.807, 2.05) is 41.1 Å². The van der Waals surface area contributed by atoms with Crippen LogP contribution in [-0.2, 0) is 16.6 Å². The summed E-state index contributed by atoms with van der Waals surface area (Å²) in [7, 11) is -3.52. The van der Waals surface area contributed by atoms with Crippen molar-refractivity contribution in [2.75, 3.05) is 6.54 Å². The molecule has 6 nitrogen and oxygen atoms in total. The molecule has 1 N–H and O–H groups in total. The molecule has 0 aliphatic carbocycles. The third-order valence-corrected chi connectivity index (χ3v) is 5.03. The van der Waals surface area contributed by atoms with Crippen molar-refractivity contribution in [1.29, 1.82) is 0 Å². The van der Waals surface area contributed by atoms with Crippen molar-refractivity contribution in [1.82, 2.24) is 14.3 Å². The van der Waals surface area contributed by atoms with Crippen LogP contribution in [0.2, 0.25) is 0 Å². The Morgan fingerprint density at radius 1 is 1.00 bits per heavy atom. The van der Waals surface area contributed by atoms with Gasteiger partial charge in [-0.15, -0.1) is 0 Å². The van der Waals surface area contributed by atoms with Crippen LogP contribution in [0.15, 0.2) is 78.2 Å². The number of para-hydroxylation sites is 1. The summed E-state index contributed by atoms with van der Waals surface area (Å²) in [6.45, 7) is 1.08. The van der Waals surface area contributed by atoms with Gasteiger partial charge in [-0.2, -0.15) is 0 Å². The van der Waals surface area contributed by atoms with Gasteiger partial charge in [0, 0.05) is 25.5 Å². The summed E-state index contributed by atoms with van der Waals surface area (Å²) >= 11 is 0. The van der Waals surface area contributed by atoms with E-state index in [-0.39, 0.29) is 4.90 Å². The fourth-order valence-electron chi connectivity index (χ4n) is 2.28. The first-order chi connectivity index (χ1) is 12.1. The SMILES string of the molecule is O=S(=O)(NCCCn1ccnc1)c1ccc(Oc2ccccc2)cc1. The second kappa shape index (κ2) is 7.96. The highest BCUT2D eigenvalue weighted by Gasteiger charge is 2.13. The van der Waals surface area contributed by atoms with Gasteiger partial charge in [0.1, 0.15) is 11.5 Å². The minimum absolute atomic E-state index is 0.218. The topological polar surface area (TPSA) is 73.2 Å². The molecule has 2 aromatic carbocycles.